The number of hydrogen-bond acceptors (Lipinski definition) is 1. The van der Waals surface area contributed by atoms with Crippen molar-refractivity contribution in [2.45, 2.75) is 18.2 Å². The summed E-state index contributed by atoms with van der Waals surface area (Å²) in [5, 5.41) is 0.540. The first-order valence-electron chi connectivity index (χ1n) is 3.07. The molecule has 0 bridgehead atoms. The summed E-state index contributed by atoms with van der Waals surface area (Å²) in [6.45, 7) is 0.824. The van der Waals surface area contributed by atoms with Crippen LogP contribution >= 0.6 is 22.9 Å². The summed E-state index contributed by atoms with van der Waals surface area (Å²) < 4.78 is 25.1. The minimum absolute atomic E-state index is 0.513. The SMILES string of the molecule is CC(F)(F)C(Cl)c1cccs1. The van der Waals surface area contributed by atoms with Gasteiger partial charge in [0.15, 0.2) is 0 Å². The molecule has 0 saturated heterocycles. The first-order chi connectivity index (χ1) is 5.02. The Morgan fingerprint density at radius 3 is 2.64 bits per heavy atom. The van der Waals surface area contributed by atoms with Crippen molar-refractivity contribution < 1.29 is 8.78 Å². The third-order valence-corrected chi connectivity index (χ3v) is 2.92. The molecule has 1 rings (SSSR count). The lowest BCUT2D eigenvalue weighted by atomic mass is 10.2. The van der Waals surface area contributed by atoms with Gasteiger partial charge in [-0.15, -0.1) is 22.9 Å². The van der Waals surface area contributed by atoms with Crippen molar-refractivity contribution in [3.63, 3.8) is 0 Å². The zero-order chi connectivity index (χ0) is 8.48. The number of alkyl halides is 3. The number of halogens is 3. The smallest absolute Gasteiger partial charge is 0.205 e. The van der Waals surface area contributed by atoms with Gasteiger partial charge in [-0.25, -0.2) is 8.78 Å². The average molecular weight is 197 g/mol. The molecule has 4 heteroatoms. The van der Waals surface area contributed by atoms with Crippen LogP contribution in [0.15, 0.2) is 17.5 Å². The van der Waals surface area contributed by atoms with E-state index < -0.39 is 11.3 Å². The van der Waals surface area contributed by atoms with Crippen molar-refractivity contribution in [1.82, 2.24) is 0 Å². The van der Waals surface area contributed by atoms with Crippen molar-refractivity contribution in [2.24, 2.45) is 0 Å². The molecular weight excluding hydrogens is 190 g/mol. The molecule has 0 fully saturated rings. The van der Waals surface area contributed by atoms with Crippen molar-refractivity contribution >= 4 is 22.9 Å². The Morgan fingerprint density at radius 1 is 1.64 bits per heavy atom. The Balaban J connectivity index is 2.78. The summed E-state index contributed by atoms with van der Waals surface area (Å²) in [4.78, 5) is 0.513. The highest BCUT2D eigenvalue weighted by Gasteiger charge is 2.34. The lowest BCUT2D eigenvalue weighted by Crippen LogP contribution is -2.16. The molecule has 1 atom stereocenters. The molecule has 62 valence electrons. The summed E-state index contributed by atoms with van der Waals surface area (Å²) in [6.07, 6.45) is 0. The van der Waals surface area contributed by atoms with E-state index in [4.69, 9.17) is 11.6 Å². The summed E-state index contributed by atoms with van der Waals surface area (Å²) in [6, 6.07) is 3.32. The van der Waals surface area contributed by atoms with Crippen LogP contribution in [0.25, 0.3) is 0 Å². The summed E-state index contributed by atoms with van der Waals surface area (Å²) in [5.74, 6) is -2.84. The highest BCUT2D eigenvalue weighted by molar-refractivity contribution is 7.10. The maximum absolute atomic E-state index is 12.6. The molecular formula is C7H7ClF2S. The lowest BCUT2D eigenvalue weighted by molar-refractivity contribution is 0.0178. The molecule has 0 amide bonds. The predicted octanol–water partition coefficient (Wildman–Crippen LogP) is 3.68. The van der Waals surface area contributed by atoms with Crippen LogP contribution in [-0.2, 0) is 0 Å². The average Bonchev–Trinajstić information content (AvgIpc) is 2.34. The van der Waals surface area contributed by atoms with Crippen molar-refractivity contribution in [3.8, 4) is 0 Å². The van der Waals surface area contributed by atoms with Gasteiger partial charge in [-0.1, -0.05) is 6.07 Å². The Kier molecular flexibility index (Phi) is 2.50. The molecule has 0 aromatic carbocycles. The van der Waals surface area contributed by atoms with E-state index in [-0.39, 0.29) is 0 Å². The minimum atomic E-state index is -2.84. The quantitative estimate of drug-likeness (QED) is 0.633. The first kappa shape index (κ1) is 8.94. The molecule has 0 aliphatic carbocycles. The van der Waals surface area contributed by atoms with E-state index in [2.05, 4.69) is 0 Å². The minimum Gasteiger partial charge on any atom is -0.205 e. The van der Waals surface area contributed by atoms with Gasteiger partial charge in [0.2, 0.25) is 0 Å². The normalized spacial score (nSPS) is 14.9. The van der Waals surface area contributed by atoms with Gasteiger partial charge in [-0.05, 0) is 11.4 Å². The van der Waals surface area contributed by atoms with Crippen LogP contribution in [-0.4, -0.2) is 5.92 Å². The highest BCUT2D eigenvalue weighted by atomic mass is 35.5. The van der Waals surface area contributed by atoms with Gasteiger partial charge < -0.3 is 0 Å². The molecule has 1 aromatic heterocycles. The molecule has 0 aliphatic rings. The van der Waals surface area contributed by atoms with Crippen LogP contribution in [0.2, 0.25) is 0 Å². The molecule has 0 aliphatic heterocycles. The fourth-order valence-electron chi connectivity index (χ4n) is 0.685. The molecule has 1 unspecified atom stereocenters. The van der Waals surface area contributed by atoms with Gasteiger partial charge in [0.25, 0.3) is 5.92 Å². The maximum Gasteiger partial charge on any atom is 0.266 e. The second-order valence-electron chi connectivity index (χ2n) is 2.33. The Bertz CT molecular complexity index is 215. The standard InChI is InChI=1S/C7H7ClF2S/c1-7(9,10)6(8)5-3-2-4-11-5/h2-4,6H,1H3. The Hall–Kier alpha value is -0.150. The molecule has 0 nitrogen and oxygen atoms in total. The monoisotopic (exact) mass is 196 g/mol. The number of thiophene rings is 1. The summed E-state index contributed by atoms with van der Waals surface area (Å²) >= 11 is 6.73. The van der Waals surface area contributed by atoms with Crippen LogP contribution in [0.5, 0.6) is 0 Å². The fraction of sp³-hybridized carbons (Fsp3) is 0.429. The third-order valence-electron chi connectivity index (χ3n) is 1.24. The second kappa shape index (κ2) is 3.07. The van der Waals surface area contributed by atoms with Gasteiger partial charge >= 0.3 is 0 Å². The zero-order valence-corrected chi connectivity index (χ0v) is 7.42. The van der Waals surface area contributed by atoms with Gasteiger partial charge in [0.05, 0.1) is 0 Å². The first-order valence-corrected chi connectivity index (χ1v) is 4.38. The molecule has 0 radical (unpaired) electrons. The van der Waals surface area contributed by atoms with Crippen molar-refractivity contribution in [2.75, 3.05) is 0 Å². The third kappa shape index (κ3) is 2.14. The van der Waals surface area contributed by atoms with E-state index in [1.807, 2.05) is 0 Å². The van der Waals surface area contributed by atoms with E-state index in [9.17, 15) is 8.78 Å². The Labute approximate surface area is 72.8 Å². The molecule has 0 saturated carbocycles. The molecule has 11 heavy (non-hydrogen) atoms. The summed E-state index contributed by atoms with van der Waals surface area (Å²) in [7, 11) is 0. The second-order valence-corrected chi connectivity index (χ2v) is 3.75. The number of rotatable bonds is 2. The van der Waals surface area contributed by atoms with Crippen LogP contribution in [0.3, 0.4) is 0 Å². The molecule has 0 spiro atoms. The topological polar surface area (TPSA) is 0 Å². The molecule has 0 N–H and O–H groups in total. The van der Waals surface area contributed by atoms with E-state index in [0.29, 0.717) is 4.88 Å². The van der Waals surface area contributed by atoms with E-state index in [1.54, 1.807) is 17.5 Å². The van der Waals surface area contributed by atoms with Gasteiger partial charge in [-0.3, -0.25) is 0 Å². The van der Waals surface area contributed by atoms with Crippen LogP contribution in [0.4, 0.5) is 8.78 Å². The van der Waals surface area contributed by atoms with Crippen molar-refractivity contribution in [1.29, 1.82) is 0 Å². The Morgan fingerprint density at radius 2 is 2.27 bits per heavy atom. The molecule has 1 aromatic rings. The van der Waals surface area contributed by atoms with Crippen LogP contribution in [0, 0.1) is 0 Å². The predicted molar refractivity (Wildman–Crippen MR) is 43.5 cm³/mol. The van der Waals surface area contributed by atoms with Crippen LogP contribution in [0.1, 0.15) is 17.2 Å². The van der Waals surface area contributed by atoms with Gasteiger partial charge in [0.1, 0.15) is 5.38 Å². The van der Waals surface area contributed by atoms with E-state index in [0.717, 1.165) is 6.92 Å². The van der Waals surface area contributed by atoms with Crippen molar-refractivity contribution in [3.05, 3.63) is 22.4 Å². The molecule has 1 heterocycles. The van der Waals surface area contributed by atoms with Gasteiger partial charge in [-0.2, -0.15) is 0 Å². The zero-order valence-electron chi connectivity index (χ0n) is 5.85. The fourth-order valence-corrected chi connectivity index (χ4v) is 1.71. The van der Waals surface area contributed by atoms with E-state index >= 15 is 0 Å². The maximum atomic E-state index is 12.6. The van der Waals surface area contributed by atoms with E-state index in [1.165, 1.54) is 11.3 Å². The largest absolute Gasteiger partial charge is 0.266 e. The number of hydrogen-bond donors (Lipinski definition) is 0. The lowest BCUT2D eigenvalue weighted by Gasteiger charge is -2.14. The highest BCUT2D eigenvalue weighted by Crippen LogP contribution is 2.38. The summed E-state index contributed by atoms with van der Waals surface area (Å²) in [5.41, 5.74) is 0. The van der Waals surface area contributed by atoms with Gasteiger partial charge in [0, 0.05) is 11.8 Å². The van der Waals surface area contributed by atoms with Crippen LogP contribution < -0.4 is 0 Å².